The fourth-order valence-corrected chi connectivity index (χ4v) is 0.351. The van der Waals surface area contributed by atoms with Gasteiger partial charge in [-0.2, -0.15) is 0 Å². The van der Waals surface area contributed by atoms with E-state index in [0.717, 1.165) is 6.42 Å². The van der Waals surface area contributed by atoms with Gasteiger partial charge < -0.3 is 17.3 Å². The molecule has 0 aliphatic rings. The quantitative estimate of drug-likeness (QED) is 0.411. The predicted octanol–water partition coefficient (Wildman–Crippen LogP) is 3.83. The molecular weight excluding hydrogens is 274 g/mol. The maximum atomic E-state index is 9.75. The second-order valence-electron chi connectivity index (χ2n) is 1.87. The van der Waals surface area contributed by atoms with Crippen LogP contribution in [0, 0.1) is 0 Å². The Labute approximate surface area is 89.0 Å². The van der Waals surface area contributed by atoms with Crippen LogP contribution >= 0.6 is 0 Å². The van der Waals surface area contributed by atoms with Crippen LogP contribution in [-0.4, -0.2) is 7.25 Å². The second-order valence-corrected chi connectivity index (χ2v) is 1.87. The van der Waals surface area contributed by atoms with E-state index < -0.39 is 7.25 Å². The maximum absolute atomic E-state index is 9.75. The summed E-state index contributed by atoms with van der Waals surface area (Å²) in [7, 11) is -6.00. The summed E-state index contributed by atoms with van der Waals surface area (Å²) < 4.78 is 39.0. The summed E-state index contributed by atoms with van der Waals surface area (Å²) in [5.74, 6) is 0. The molecule has 0 saturated heterocycles. The first-order valence-corrected chi connectivity index (χ1v) is 3.51. The average molecular weight is 286 g/mol. The SMILES string of the molecule is C/C=C/C/C=C/C.F[B-](F)(F)F.[Rh]. The van der Waals surface area contributed by atoms with Crippen LogP contribution in [0.4, 0.5) is 17.3 Å². The molecule has 0 aromatic carbocycles. The molecule has 0 aliphatic carbocycles. The van der Waals surface area contributed by atoms with Crippen molar-refractivity contribution >= 4 is 7.25 Å². The molecular formula is C7H12BF4Rh-. The van der Waals surface area contributed by atoms with Crippen molar-refractivity contribution in [1.82, 2.24) is 0 Å². The van der Waals surface area contributed by atoms with Crippen molar-refractivity contribution in [2.75, 3.05) is 0 Å². The van der Waals surface area contributed by atoms with Crippen LogP contribution in [0.1, 0.15) is 20.3 Å². The topological polar surface area (TPSA) is 0 Å². The van der Waals surface area contributed by atoms with Gasteiger partial charge in [0.1, 0.15) is 0 Å². The van der Waals surface area contributed by atoms with E-state index in [1.807, 2.05) is 13.8 Å². The molecule has 13 heavy (non-hydrogen) atoms. The Hall–Kier alpha value is -0.112. The fourth-order valence-electron chi connectivity index (χ4n) is 0.351. The van der Waals surface area contributed by atoms with Gasteiger partial charge in [0.05, 0.1) is 0 Å². The second kappa shape index (κ2) is 11.9. The summed E-state index contributed by atoms with van der Waals surface area (Å²) in [6.07, 6.45) is 9.44. The van der Waals surface area contributed by atoms with Crippen molar-refractivity contribution in [3.8, 4) is 0 Å². The fraction of sp³-hybridized carbons (Fsp3) is 0.429. The molecule has 0 N–H and O–H groups in total. The molecule has 0 saturated carbocycles. The molecule has 0 heterocycles. The van der Waals surface area contributed by atoms with E-state index in [-0.39, 0.29) is 19.5 Å². The number of hydrogen-bond donors (Lipinski definition) is 0. The van der Waals surface area contributed by atoms with Crippen LogP contribution in [0.3, 0.4) is 0 Å². The molecule has 0 fully saturated rings. The molecule has 0 aromatic rings. The van der Waals surface area contributed by atoms with Gasteiger partial charge >= 0.3 is 7.25 Å². The zero-order valence-corrected chi connectivity index (χ0v) is 9.08. The Bertz CT molecular complexity index is 126. The van der Waals surface area contributed by atoms with Gasteiger partial charge in [-0.05, 0) is 20.3 Å². The molecule has 0 aliphatic heterocycles. The van der Waals surface area contributed by atoms with Gasteiger partial charge in [0.15, 0.2) is 0 Å². The number of rotatable bonds is 2. The summed E-state index contributed by atoms with van der Waals surface area (Å²) in [6, 6.07) is 0. The summed E-state index contributed by atoms with van der Waals surface area (Å²) in [4.78, 5) is 0. The van der Waals surface area contributed by atoms with Crippen molar-refractivity contribution in [3.05, 3.63) is 24.3 Å². The Morgan fingerprint density at radius 3 is 1.31 bits per heavy atom. The van der Waals surface area contributed by atoms with Crippen LogP contribution in [0.2, 0.25) is 0 Å². The van der Waals surface area contributed by atoms with Crippen LogP contribution in [0.25, 0.3) is 0 Å². The van der Waals surface area contributed by atoms with Crippen molar-refractivity contribution in [3.63, 3.8) is 0 Å². The zero-order chi connectivity index (χ0) is 10.0. The van der Waals surface area contributed by atoms with E-state index in [2.05, 4.69) is 24.3 Å². The van der Waals surface area contributed by atoms with Crippen LogP contribution in [0.15, 0.2) is 24.3 Å². The van der Waals surface area contributed by atoms with E-state index in [0.29, 0.717) is 0 Å². The molecule has 0 rings (SSSR count). The van der Waals surface area contributed by atoms with Crippen LogP contribution in [-0.2, 0) is 19.5 Å². The Morgan fingerprint density at radius 1 is 0.923 bits per heavy atom. The van der Waals surface area contributed by atoms with Gasteiger partial charge in [0, 0.05) is 19.5 Å². The third kappa shape index (κ3) is 76.9. The first-order valence-electron chi connectivity index (χ1n) is 3.51. The minimum Gasteiger partial charge on any atom is -0.418 e. The zero-order valence-electron chi connectivity index (χ0n) is 7.44. The maximum Gasteiger partial charge on any atom is 0.673 e. The average Bonchev–Trinajstić information content (AvgIpc) is 1.85. The Balaban J connectivity index is -0.000000150. The molecule has 1 radical (unpaired) electrons. The van der Waals surface area contributed by atoms with Gasteiger partial charge in [-0.3, -0.25) is 0 Å². The van der Waals surface area contributed by atoms with E-state index in [1.54, 1.807) is 0 Å². The molecule has 0 bridgehead atoms. The van der Waals surface area contributed by atoms with Crippen LogP contribution in [0.5, 0.6) is 0 Å². The van der Waals surface area contributed by atoms with E-state index in [1.165, 1.54) is 0 Å². The summed E-state index contributed by atoms with van der Waals surface area (Å²) in [5, 5.41) is 0. The summed E-state index contributed by atoms with van der Waals surface area (Å²) in [6.45, 7) is 4.06. The summed E-state index contributed by atoms with van der Waals surface area (Å²) >= 11 is 0. The van der Waals surface area contributed by atoms with Gasteiger partial charge in [0.25, 0.3) is 0 Å². The number of halogens is 4. The van der Waals surface area contributed by atoms with Gasteiger partial charge in [0.2, 0.25) is 0 Å². The molecule has 6 heteroatoms. The largest absolute Gasteiger partial charge is 0.673 e. The molecule has 0 spiro atoms. The van der Waals surface area contributed by atoms with E-state index in [4.69, 9.17) is 0 Å². The minimum atomic E-state index is -6.00. The van der Waals surface area contributed by atoms with Crippen molar-refractivity contribution < 1.29 is 36.7 Å². The molecule has 0 atom stereocenters. The third-order valence-electron chi connectivity index (χ3n) is 0.744. The summed E-state index contributed by atoms with van der Waals surface area (Å²) in [5.41, 5.74) is 0. The normalized spacial score (nSPS) is 10.9. The van der Waals surface area contributed by atoms with Crippen LogP contribution < -0.4 is 0 Å². The molecule has 81 valence electrons. The van der Waals surface area contributed by atoms with E-state index >= 15 is 0 Å². The number of hydrogen-bond acceptors (Lipinski definition) is 0. The van der Waals surface area contributed by atoms with Gasteiger partial charge in [-0.15, -0.1) is 0 Å². The van der Waals surface area contributed by atoms with Crippen molar-refractivity contribution in [2.45, 2.75) is 20.3 Å². The minimum absolute atomic E-state index is 0. The van der Waals surface area contributed by atoms with Crippen molar-refractivity contribution in [2.24, 2.45) is 0 Å². The molecule has 0 amide bonds. The molecule has 0 nitrogen and oxygen atoms in total. The number of allylic oxidation sites excluding steroid dienone is 4. The smallest absolute Gasteiger partial charge is 0.418 e. The van der Waals surface area contributed by atoms with Crippen molar-refractivity contribution in [1.29, 1.82) is 0 Å². The molecule has 0 unspecified atom stereocenters. The monoisotopic (exact) mass is 286 g/mol. The van der Waals surface area contributed by atoms with Gasteiger partial charge in [-0.1, -0.05) is 24.3 Å². The standard InChI is InChI=1S/C7H12.BF4.Rh/c1-3-5-7-6-4-2;2-1(3,4)5;/h3-6H,7H2,1-2H3;;/q;-1;/b5-3+,6-4+;;. The Morgan fingerprint density at radius 2 is 1.15 bits per heavy atom. The first kappa shape index (κ1) is 18.6. The molecule has 0 aromatic heterocycles. The third-order valence-corrected chi connectivity index (χ3v) is 0.744. The van der Waals surface area contributed by atoms with E-state index in [9.17, 15) is 17.3 Å². The first-order chi connectivity index (χ1) is 5.41. The Kier molecular flexibility index (Phi) is 17.0. The van der Waals surface area contributed by atoms with Gasteiger partial charge in [-0.25, -0.2) is 0 Å². The predicted molar refractivity (Wildman–Crippen MR) is 44.4 cm³/mol.